The third-order valence-electron chi connectivity index (χ3n) is 8.64. The fourth-order valence-electron chi connectivity index (χ4n) is 7.08. The summed E-state index contributed by atoms with van der Waals surface area (Å²) in [5.41, 5.74) is -6.00. The van der Waals surface area contributed by atoms with Crippen LogP contribution >= 0.6 is 11.6 Å². The summed E-state index contributed by atoms with van der Waals surface area (Å²) in [5.74, 6) is -3.29. The molecule has 8 atom stereocenters. The fourth-order valence-corrected chi connectivity index (χ4v) is 7.43. The molecule has 3 saturated carbocycles. The van der Waals surface area contributed by atoms with Gasteiger partial charge in [0.05, 0.1) is 11.1 Å². The first-order valence-corrected chi connectivity index (χ1v) is 10.2. The number of aliphatic hydroxyl groups is 2. The van der Waals surface area contributed by atoms with Gasteiger partial charge in [-0.3, -0.25) is 4.79 Å². The van der Waals surface area contributed by atoms with Gasteiger partial charge >= 0.3 is 5.97 Å². The van der Waals surface area contributed by atoms with Gasteiger partial charge in [0.25, 0.3) is 0 Å². The van der Waals surface area contributed by atoms with Crippen LogP contribution in [0.5, 0.6) is 0 Å². The van der Waals surface area contributed by atoms with E-state index in [-0.39, 0.29) is 17.2 Å². The van der Waals surface area contributed by atoms with Crippen LogP contribution in [0.25, 0.3) is 0 Å². The van der Waals surface area contributed by atoms with E-state index in [9.17, 15) is 24.9 Å². The molecule has 0 aromatic heterocycles. The summed E-state index contributed by atoms with van der Waals surface area (Å²) < 4.78 is 16.9. The van der Waals surface area contributed by atoms with Gasteiger partial charge in [0, 0.05) is 16.7 Å². The number of allylic oxidation sites excluding steroid dienone is 4. The molecule has 3 fully saturated rings. The minimum Gasteiger partial charge on any atom is -0.479 e. The van der Waals surface area contributed by atoms with E-state index in [2.05, 4.69) is 0 Å². The second-order valence-electron chi connectivity index (χ2n) is 9.56. The summed E-state index contributed by atoms with van der Waals surface area (Å²) in [6.07, 6.45) is 2.24. The number of ketones is 1. The lowest BCUT2D eigenvalue weighted by atomic mass is 9.45. The molecule has 0 radical (unpaired) electrons. The van der Waals surface area contributed by atoms with Gasteiger partial charge in [-0.05, 0) is 56.1 Å². The molecule has 154 valence electrons. The average molecular weight is 413 g/mol. The zero-order chi connectivity index (χ0) is 20.9. The molecule has 0 saturated heterocycles. The summed E-state index contributed by atoms with van der Waals surface area (Å²) in [6.45, 7) is 5.00. The molecule has 4 aliphatic carbocycles. The fraction of sp³-hybridized carbons (Fsp3) is 0.714. The van der Waals surface area contributed by atoms with Crippen molar-refractivity contribution in [2.45, 2.75) is 63.8 Å². The Morgan fingerprint density at radius 3 is 2.57 bits per heavy atom. The third kappa shape index (κ3) is 1.95. The van der Waals surface area contributed by atoms with Crippen LogP contribution in [0.3, 0.4) is 0 Å². The number of fused-ring (bicyclic) bond motifs is 5. The van der Waals surface area contributed by atoms with Crippen molar-refractivity contribution in [3.63, 3.8) is 0 Å². The van der Waals surface area contributed by atoms with Crippen LogP contribution in [0.1, 0.15) is 46.5 Å². The highest BCUT2D eigenvalue weighted by atomic mass is 35.5. The zero-order valence-electron chi connectivity index (χ0n) is 16.2. The number of hydrogen-bond acceptors (Lipinski definition) is 4. The monoisotopic (exact) mass is 412 g/mol. The minimum absolute atomic E-state index is 0.0165. The Balaban J connectivity index is 1.87. The van der Waals surface area contributed by atoms with Crippen molar-refractivity contribution in [3.05, 3.63) is 22.8 Å². The topological polar surface area (TPSA) is 94.8 Å². The second-order valence-corrected chi connectivity index (χ2v) is 9.94. The summed E-state index contributed by atoms with van der Waals surface area (Å²) in [4.78, 5) is 24.0. The number of rotatable bonds is 1. The van der Waals surface area contributed by atoms with E-state index in [1.165, 1.54) is 12.2 Å². The summed E-state index contributed by atoms with van der Waals surface area (Å²) in [5, 5.41) is 32.0. The van der Waals surface area contributed by atoms with Gasteiger partial charge < -0.3 is 15.3 Å². The third-order valence-corrected chi connectivity index (χ3v) is 9.06. The number of carboxylic acid groups (broad SMARTS) is 1. The van der Waals surface area contributed by atoms with E-state index >= 15 is 4.39 Å². The molecule has 4 rings (SSSR count). The number of carboxylic acids is 1. The highest BCUT2D eigenvalue weighted by molar-refractivity contribution is 6.45. The predicted octanol–water partition coefficient (Wildman–Crippen LogP) is 2.99. The number of aliphatic carboxylic acids is 1. The molecular formula is C21H26ClFO5. The van der Waals surface area contributed by atoms with Crippen LogP contribution < -0.4 is 0 Å². The largest absolute Gasteiger partial charge is 0.479 e. The number of halogens is 2. The normalized spacial score (nSPS) is 52.9. The number of alkyl halides is 1. The Kier molecular flexibility index (Phi) is 4.06. The van der Waals surface area contributed by atoms with Gasteiger partial charge in [-0.2, -0.15) is 0 Å². The van der Waals surface area contributed by atoms with E-state index in [1.807, 2.05) is 0 Å². The molecule has 0 aromatic rings. The van der Waals surface area contributed by atoms with E-state index in [4.69, 9.17) is 11.6 Å². The van der Waals surface area contributed by atoms with Gasteiger partial charge in [0.1, 0.15) is 0 Å². The highest BCUT2D eigenvalue weighted by Crippen LogP contribution is 2.71. The van der Waals surface area contributed by atoms with Crippen LogP contribution in [-0.4, -0.2) is 44.4 Å². The van der Waals surface area contributed by atoms with Gasteiger partial charge in [-0.1, -0.05) is 31.5 Å². The smallest absolute Gasteiger partial charge is 0.336 e. The van der Waals surface area contributed by atoms with Crippen LogP contribution in [0.4, 0.5) is 4.39 Å². The maximum atomic E-state index is 16.9. The van der Waals surface area contributed by atoms with E-state index in [0.29, 0.717) is 24.8 Å². The van der Waals surface area contributed by atoms with Crippen molar-refractivity contribution < 1.29 is 29.3 Å². The van der Waals surface area contributed by atoms with E-state index in [0.717, 1.165) is 0 Å². The van der Waals surface area contributed by atoms with Gasteiger partial charge in [0.15, 0.2) is 17.1 Å². The number of carbonyl (C=O) groups excluding carboxylic acids is 1. The maximum Gasteiger partial charge on any atom is 0.336 e. The zero-order valence-corrected chi connectivity index (χ0v) is 17.0. The average Bonchev–Trinajstić information content (AvgIpc) is 2.82. The first-order valence-electron chi connectivity index (χ1n) is 9.81. The molecule has 0 aliphatic heterocycles. The number of aliphatic hydroxyl groups excluding tert-OH is 1. The maximum absolute atomic E-state index is 16.9. The van der Waals surface area contributed by atoms with E-state index in [1.54, 1.807) is 20.8 Å². The van der Waals surface area contributed by atoms with Gasteiger partial charge in [0.2, 0.25) is 0 Å². The van der Waals surface area contributed by atoms with Crippen LogP contribution in [0.15, 0.2) is 22.8 Å². The molecule has 0 heterocycles. The Hall–Kier alpha value is -1.24. The minimum atomic E-state index is -2.09. The lowest BCUT2D eigenvalue weighted by Gasteiger charge is -2.62. The van der Waals surface area contributed by atoms with Crippen molar-refractivity contribution >= 4 is 23.4 Å². The van der Waals surface area contributed by atoms with Gasteiger partial charge in [-0.15, -0.1) is 0 Å². The number of carbonyl (C=O) groups is 2. The molecule has 28 heavy (non-hydrogen) atoms. The molecule has 3 N–H and O–H groups in total. The summed E-state index contributed by atoms with van der Waals surface area (Å²) in [6, 6.07) is 0. The molecule has 0 aromatic carbocycles. The number of hydrogen-bond donors (Lipinski definition) is 3. The first-order chi connectivity index (χ1) is 12.9. The molecule has 0 spiro atoms. The first kappa shape index (κ1) is 20.0. The Labute approximate surface area is 168 Å². The summed E-state index contributed by atoms with van der Waals surface area (Å²) >= 11 is 6.23. The van der Waals surface area contributed by atoms with Crippen LogP contribution in [0.2, 0.25) is 0 Å². The van der Waals surface area contributed by atoms with Crippen LogP contribution in [-0.2, 0) is 9.59 Å². The Morgan fingerprint density at radius 2 is 1.96 bits per heavy atom. The van der Waals surface area contributed by atoms with Crippen molar-refractivity contribution in [3.8, 4) is 0 Å². The van der Waals surface area contributed by atoms with E-state index < -0.39 is 51.9 Å². The SMILES string of the molecule is C[C@H]1C[C@H]2[C@@H]3CCC4=C(Cl)C(=O)C=C[C@]4(C)[C@@]3(F)[C@@H](O)C[C@]2(C)[C@@]1(O)C(=O)O. The molecule has 0 unspecified atom stereocenters. The molecule has 7 heteroatoms. The van der Waals surface area contributed by atoms with Gasteiger partial charge in [-0.25, -0.2) is 9.18 Å². The molecule has 4 aliphatic rings. The van der Waals surface area contributed by atoms with Crippen molar-refractivity contribution in [2.75, 3.05) is 0 Å². The molecular weight excluding hydrogens is 387 g/mol. The second kappa shape index (κ2) is 5.67. The van der Waals surface area contributed by atoms with Crippen molar-refractivity contribution in [1.82, 2.24) is 0 Å². The summed E-state index contributed by atoms with van der Waals surface area (Å²) in [7, 11) is 0. The highest BCUT2D eigenvalue weighted by Gasteiger charge is 2.76. The Bertz CT molecular complexity index is 839. The molecule has 5 nitrogen and oxygen atoms in total. The van der Waals surface area contributed by atoms with Crippen molar-refractivity contribution in [2.24, 2.45) is 28.6 Å². The predicted molar refractivity (Wildman–Crippen MR) is 100 cm³/mol. The lowest BCUT2D eigenvalue weighted by Crippen LogP contribution is -2.69. The lowest BCUT2D eigenvalue weighted by molar-refractivity contribution is -0.225. The quantitative estimate of drug-likeness (QED) is 0.615. The van der Waals surface area contributed by atoms with Crippen molar-refractivity contribution in [1.29, 1.82) is 0 Å². The Morgan fingerprint density at radius 1 is 1.32 bits per heavy atom. The standard InChI is InChI=1S/C21H26ClFO5/c1-10-8-13-11-4-5-12-16(22)14(24)6-7-18(12,2)20(11,23)15(25)9-19(13,3)21(10,28)17(26)27/h6-7,10-11,13,15,25,28H,4-5,8-9H2,1-3H3,(H,26,27)/t10-,11-,13-,15-,18-,19-,20-,21-/m0/s1. The molecule has 0 bridgehead atoms. The molecule has 0 amide bonds. The van der Waals surface area contributed by atoms with Crippen LogP contribution in [0, 0.1) is 28.6 Å².